The molecule has 0 saturated heterocycles. The normalized spacial score (nSPS) is 10.9. The lowest BCUT2D eigenvalue weighted by Crippen LogP contribution is -2.23. The minimum Gasteiger partial charge on any atom is -0.468 e. The highest BCUT2D eigenvalue weighted by Crippen LogP contribution is 2.19. The Morgan fingerprint density at radius 2 is 2.00 bits per heavy atom. The van der Waals surface area contributed by atoms with Gasteiger partial charge in [-0.15, -0.1) is 0 Å². The number of halogens is 1. The zero-order chi connectivity index (χ0) is 16.8. The van der Waals surface area contributed by atoms with Crippen LogP contribution in [-0.2, 0) is 13.1 Å². The molecule has 24 heavy (non-hydrogen) atoms. The van der Waals surface area contributed by atoms with Crippen LogP contribution in [0.3, 0.4) is 0 Å². The van der Waals surface area contributed by atoms with E-state index in [0.29, 0.717) is 42.8 Å². The predicted molar refractivity (Wildman–Crippen MR) is 87.8 cm³/mol. The number of benzene rings is 1. The molecule has 0 aliphatic heterocycles. The Hall–Kier alpha value is -2.62. The van der Waals surface area contributed by atoms with Gasteiger partial charge in [0.05, 0.1) is 25.4 Å². The van der Waals surface area contributed by atoms with Gasteiger partial charge in [0.1, 0.15) is 5.76 Å². The maximum atomic E-state index is 8.82. The fourth-order valence-electron chi connectivity index (χ4n) is 2.27. The largest absolute Gasteiger partial charge is 0.468 e. The summed E-state index contributed by atoms with van der Waals surface area (Å²) in [5.74, 6) is 1.83. The van der Waals surface area contributed by atoms with Gasteiger partial charge in [-0.25, -0.2) is 0 Å². The average Bonchev–Trinajstić information content (AvgIpc) is 3.25. The zero-order valence-electron chi connectivity index (χ0n) is 12.9. The molecule has 1 aromatic carbocycles. The summed E-state index contributed by atoms with van der Waals surface area (Å²) >= 11 is 5.88. The molecule has 122 valence electrons. The Morgan fingerprint density at radius 1 is 1.17 bits per heavy atom. The van der Waals surface area contributed by atoms with Crippen LogP contribution in [0.1, 0.15) is 18.1 Å². The molecular formula is C17H15ClN4O2. The summed E-state index contributed by atoms with van der Waals surface area (Å²) in [7, 11) is 0. The molecule has 0 spiro atoms. The zero-order valence-corrected chi connectivity index (χ0v) is 13.6. The molecule has 0 N–H and O–H groups in total. The SMILES string of the molecule is N#CCCN(Cc1ccco1)Cc1nc(-c2ccc(Cl)cc2)no1. The standard InChI is InChI=1S/C17H15ClN4O2/c18-14-6-4-13(5-7-14)17-20-16(24-21-17)12-22(9-2-8-19)11-15-3-1-10-23-15/h1,3-7,10H,2,9,11-12H2. The van der Waals surface area contributed by atoms with Crippen molar-refractivity contribution in [3.8, 4) is 17.5 Å². The van der Waals surface area contributed by atoms with E-state index in [2.05, 4.69) is 16.2 Å². The highest BCUT2D eigenvalue weighted by atomic mass is 35.5. The molecule has 0 saturated carbocycles. The van der Waals surface area contributed by atoms with E-state index in [4.69, 9.17) is 25.8 Å². The molecule has 0 aliphatic carbocycles. The van der Waals surface area contributed by atoms with Crippen molar-refractivity contribution in [2.45, 2.75) is 19.5 Å². The summed E-state index contributed by atoms with van der Waals surface area (Å²) < 4.78 is 10.7. The Kier molecular flexibility index (Phi) is 5.26. The molecule has 0 atom stereocenters. The Balaban J connectivity index is 1.70. The van der Waals surface area contributed by atoms with Crippen molar-refractivity contribution in [1.82, 2.24) is 15.0 Å². The third-order valence-corrected chi connectivity index (χ3v) is 3.68. The van der Waals surface area contributed by atoms with Crippen LogP contribution in [0.4, 0.5) is 0 Å². The van der Waals surface area contributed by atoms with Crippen LogP contribution >= 0.6 is 11.6 Å². The van der Waals surface area contributed by atoms with E-state index < -0.39 is 0 Å². The number of hydrogen-bond acceptors (Lipinski definition) is 6. The molecule has 3 aromatic rings. The number of hydrogen-bond donors (Lipinski definition) is 0. The van der Waals surface area contributed by atoms with E-state index in [0.717, 1.165) is 11.3 Å². The first kappa shape index (κ1) is 16.2. The van der Waals surface area contributed by atoms with Gasteiger partial charge in [-0.1, -0.05) is 16.8 Å². The topological polar surface area (TPSA) is 79.1 Å². The second kappa shape index (κ2) is 7.77. The number of aromatic nitrogens is 2. The molecule has 0 amide bonds. The number of nitriles is 1. The van der Waals surface area contributed by atoms with E-state index in [-0.39, 0.29) is 0 Å². The summed E-state index contributed by atoms with van der Waals surface area (Å²) in [4.78, 5) is 6.44. The van der Waals surface area contributed by atoms with Crippen molar-refractivity contribution in [1.29, 1.82) is 5.26 Å². The van der Waals surface area contributed by atoms with Crippen molar-refractivity contribution in [2.24, 2.45) is 0 Å². The average molecular weight is 343 g/mol. The predicted octanol–water partition coefficient (Wildman–Crippen LogP) is 3.90. The van der Waals surface area contributed by atoms with Crippen LogP contribution in [0.5, 0.6) is 0 Å². The molecular weight excluding hydrogens is 328 g/mol. The van der Waals surface area contributed by atoms with Crippen molar-refractivity contribution in [2.75, 3.05) is 6.54 Å². The third kappa shape index (κ3) is 4.22. The van der Waals surface area contributed by atoms with Crippen molar-refractivity contribution < 1.29 is 8.94 Å². The van der Waals surface area contributed by atoms with E-state index in [1.54, 1.807) is 18.4 Å². The van der Waals surface area contributed by atoms with E-state index >= 15 is 0 Å². The minimum absolute atomic E-state index is 0.416. The molecule has 0 unspecified atom stereocenters. The van der Waals surface area contributed by atoms with Gasteiger partial charge >= 0.3 is 0 Å². The van der Waals surface area contributed by atoms with Gasteiger partial charge in [-0.3, -0.25) is 4.90 Å². The van der Waals surface area contributed by atoms with Crippen LogP contribution in [-0.4, -0.2) is 21.6 Å². The quantitative estimate of drug-likeness (QED) is 0.648. The second-order valence-electron chi connectivity index (χ2n) is 5.22. The fraction of sp³-hybridized carbons (Fsp3) is 0.235. The van der Waals surface area contributed by atoms with Gasteiger partial charge in [-0.2, -0.15) is 10.2 Å². The van der Waals surface area contributed by atoms with Gasteiger partial charge in [0.15, 0.2) is 0 Å². The molecule has 2 aromatic heterocycles. The van der Waals surface area contributed by atoms with Crippen LogP contribution < -0.4 is 0 Å². The highest BCUT2D eigenvalue weighted by molar-refractivity contribution is 6.30. The number of nitrogens with zero attached hydrogens (tertiary/aromatic N) is 4. The van der Waals surface area contributed by atoms with Gasteiger partial charge < -0.3 is 8.94 Å². The first-order valence-corrected chi connectivity index (χ1v) is 7.82. The first-order chi connectivity index (χ1) is 11.7. The van der Waals surface area contributed by atoms with Gasteiger partial charge in [0.25, 0.3) is 0 Å². The fourth-order valence-corrected chi connectivity index (χ4v) is 2.40. The highest BCUT2D eigenvalue weighted by Gasteiger charge is 2.14. The summed E-state index contributed by atoms with van der Waals surface area (Å²) in [6, 6.07) is 13.1. The van der Waals surface area contributed by atoms with Crippen LogP contribution in [0, 0.1) is 11.3 Å². The molecule has 0 fully saturated rings. The summed E-state index contributed by atoms with van der Waals surface area (Å²) in [6.45, 7) is 1.62. The Labute approximate surface area is 144 Å². The minimum atomic E-state index is 0.416. The lowest BCUT2D eigenvalue weighted by atomic mass is 10.2. The molecule has 3 rings (SSSR count). The molecule has 0 bridgehead atoms. The van der Waals surface area contributed by atoms with Crippen LogP contribution in [0.25, 0.3) is 11.4 Å². The lowest BCUT2D eigenvalue weighted by molar-refractivity contribution is 0.208. The lowest BCUT2D eigenvalue weighted by Gasteiger charge is -2.17. The molecule has 0 aliphatic rings. The van der Waals surface area contributed by atoms with Crippen molar-refractivity contribution >= 4 is 11.6 Å². The third-order valence-electron chi connectivity index (χ3n) is 3.43. The number of furan rings is 1. The molecule has 0 radical (unpaired) electrons. The summed E-state index contributed by atoms with van der Waals surface area (Å²) in [5.41, 5.74) is 0.837. The maximum absolute atomic E-state index is 8.82. The van der Waals surface area contributed by atoms with Crippen LogP contribution in [0.2, 0.25) is 5.02 Å². The molecule has 7 heteroatoms. The maximum Gasteiger partial charge on any atom is 0.241 e. The summed E-state index contributed by atoms with van der Waals surface area (Å²) in [5, 5.41) is 13.5. The van der Waals surface area contributed by atoms with E-state index in [1.165, 1.54) is 0 Å². The van der Waals surface area contributed by atoms with Crippen molar-refractivity contribution in [3.63, 3.8) is 0 Å². The van der Waals surface area contributed by atoms with Gasteiger partial charge in [0.2, 0.25) is 11.7 Å². The molecule has 6 nitrogen and oxygen atoms in total. The van der Waals surface area contributed by atoms with Gasteiger partial charge in [-0.05, 0) is 36.4 Å². The monoisotopic (exact) mass is 342 g/mol. The first-order valence-electron chi connectivity index (χ1n) is 7.45. The van der Waals surface area contributed by atoms with E-state index in [1.807, 2.05) is 29.2 Å². The smallest absolute Gasteiger partial charge is 0.241 e. The Bertz CT molecular complexity index is 806. The van der Waals surface area contributed by atoms with Crippen molar-refractivity contribution in [3.05, 3.63) is 59.3 Å². The molecule has 2 heterocycles. The van der Waals surface area contributed by atoms with Gasteiger partial charge in [0, 0.05) is 23.6 Å². The van der Waals surface area contributed by atoms with E-state index in [9.17, 15) is 0 Å². The van der Waals surface area contributed by atoms with Crippen LogP contribution in [0.15, 0.2) is 51.6 Å². The number of rotatable bonds is 7. The Morgan fingerprint density at radius 3 is 2.71 bits per heavy atom. The summed E-state index contributed by atoms with van der Waals surface area (Å²) in [6.07, 6.45) is 2.04. The second-order valence-corrected chi connectivity index (χ2v) is 5.65.